The van der Waals surface area contributed by atoms with Gasteiger partial charge in [0.15, 0.2) is 37.0 Å². The molecule has 6 aliphatic carbocycles. The van der Waals surface area contributed by atoms with Gasteiger partial charge in [0.2, 0.25) is 15.0 Å². The number of hydrogen-bond donors (Lipinski definition) is 14. The summed E-state index contributed by atoms with van der Waals surface area (Å²) < 4.78 is 57.8. The van der Waals surface area contributed by atoms with Crippen LogP contribution in [0, 0.1) is 0 Å². The zero-order valence-corrected chi connectivity index (χ0v) is 93.8. The number of alkyl halides is 1. The lowest BCUT2D eigenvalue weighted by atomic mass is 9.70. The second kappa shape index (κ2) is 51.6. The van der Waals surface area contributed by atoms with Crippen molar-refractivity contribution in [2.45, 2.75) is 311 Å². The number of aromatic nitrogens is 22. The molecule has 145 heavy (non-hydrogen) atoms. The van der Waals surface area contributed by atoms with Gasteiger partial charge in [-0.25, -0.2) is 77.2 Å². The lowest BCUT2D eigenvalue weighted by Crippen LogP contribution is -2.51. The number of fused-ring (bicyclic) bond motifs is 11. The van der Waals surface area contributed by atoms with Crippen LogP contribution < -0.4 is 44.0 Å². The predicted octanol–water partition coefficient (Wildman–Crippen LogP) is 18.6. The maximum absolute atomic E-state index is 12.3. The van der Waals surface area contributed by atoms with Crippen molar-refractivity contribution in [3.8, 4) is 0 Å². The first-order valence-corrected chi connectivity index (χ1v) is 61.3. The molecule has 0 saturated heterocycles. The van der Waals surface area contributed by atoms with E-state index >= 15 is 0 Å². The Morgan fingerprint density at radius 1 is 0.531 bits per heavy atom. The molecule has 19 rings (SSSR count). The molecule has 8 aliphatic rings. The number of anilines is 1. The summed E-state index contributed by atoms with van der Waals surface area (Å²) in [5.74, 6) is -0.543. The molecular formula is C91H135Cl4IN29O14PS5. The molecule has 17 N–H and O–H groups in total. The van der Waals surface area contributed by atoms with Gasteiger partial charge in [-0.15, -0.1) is 0 Å². The van der Waals surface area contributed by atoms with Gasteiger partial charge < -0.3 is 52.7 Å². The minimum Gasteiger partial charge on any atom is -0.461 e. The number of nitrogens with two attached hydrogens (primary N) is 3. The highest BCUT2D eigenvalue weighted by Gasteiger charge is 2.48. The van der Waals surface area contributed by atoms with Crippen molar-refractivity contribution in [3.63, 3.8) is 0 Å². The van der Waals surface area contributed by atoms with Crippen molar-refractivity contribution in [2.75, 3.05) is 87.8 Å². The molecule has 0 aromatic carbocycles. The molecule has 43 nitrogen and oxygen atoms in total. The third-order valence-electron chi connectivity index (χ3n) is 27.4. The first-order chi connectivity index (χ1) is 69.5. The molecule has 0 radical (unpaired) electrons. The lowest BCUT2D eigenvalue weighted by Gasteiger charge is -2.40. The van der Waals surface area contributed by atoms with Gasteiger partial charge >= 0.3 is 35.4 Å². The molecular weight excluding hydrogens is 2180 g/mol. The molecule has 2 aliphatic heterocycles. The standard InChI is InChI=1S/C18H27N5O3S.C18H30N4O4.C14H17N5O3S.C14H17N5OS.C13H18ClN5S.C13H19N5S.CH3I.Cl3OP.H2O2.H2/c1-17(2,3)26-16(25)19-10-18(8-6-5-7-9-18)13-11-12(22-23-13)14(24)21-15(20-11)27-4;1-5-25-15(23)13-12(19)14(22-21-13)18(9-7-6-8-10-18)11-20-16(24)26-17(2,3)4;1-23(21,22)12-15-7-9-10(17-12)11-14(5-3-2-4-6-14)8-16-13(20)19(11)18-9;1-21-12-15-7-9-10(17-12)11-14(5-3-2-4-6-14)8-16-13(20)19(11)18-9;1-20-12-16-8-9(11(14)17-12)18-19-10(8)13(7-15)5-3-2-4-6-13;1-19-12-15-7-9-10(16-12)11(18-17-9)13(8-14)5-3-2-4-6-13;1-2;1-5(2,3)4;1-2;/h5-10H2,1-4H3,(H,19,25)(H,22,23)(H,20,21,24);5-11,19H2,1-4H3,(H,20,24)(H,21,22);7H,2-6,8H2,1H3,(H,16,20);7H,2-6,8H2,1H3,(H,16,20);2-7,15H2,1H3,(H,18,19);7H,2-6,8,14H2,1H3,(H,17,18);1H3;;1-2H;1H/i;;;;;;1D;;;. The molecule has 11 aromatic heterocycles. The Morgan fingerprint density at radius 2 is 0.903 bits per heavy atom. The van der Waals surface area contributed by atoms with Crippen LogP contribution in [0.5, 0.6) is 0 Å². The first-order valence-electron chi connectivity index (χ1n) is 48.8. The molecule has 798 valence electrons. The Morgan fingerprint density at radius 3 is 1.33 bits per heavy atom. The third-order valence-corrected chi connectivity index (χ3v) is 30.8. The van der Waals surface area contributed by atoms with Crippen LogP contribution in [0.2, 0.25) is 5.15 Å². The number of rotatable bonds is 17. The van der Waals surface area contributed by atoms with Crippen molar-refractivity contribution in [1.82, 2.24) is 131 Å². The monoisotopic (exact) mass is 2320 g/mol. The highest BCUT2D eigenvalue weighted by atomic mass is 127. The second-order valence-corrected chi connectivity index (χ2v) is 51.1. The molecule has 6 saturated carbocycles. The summed E-state index contributed by atoms with van der Waals surface area (Å²) >= 11 is 27.9. The van der Waals surface area contributed by atoms with E-state index in [1.807, 2.05) is 89.2 Å². The van der Waals surface area contributed by atoms with E-state index < -0.39 is 49.8 Å². The average molecular weight is 2320 g/mol. The number of amides is 4. The number of halogens is 5. The van der Waals surface area contributed by atoms with Gasteiger partial charge in [-0.2, -0.15) is 40.0 Å². The average Bonchev–Trinajstić information content (AvgIpc) is 1.59. The largest absolute Gasteiger partial charge is 0.461 e. The minimum atomic E-state index is -3.51. The van der Waals surface area contributed by atoms with E-state index in [-0.39, 0.29) is 63.6 Å². The van der Waals surface area contributed by atoms with Gasteiger partial charge in [-0.1, -0.05) is 197 Å². The molecule has 6 fully saturated rings. The third kappa shape index (κ3) is 28.6. The zero-order valence-electron chi connectivity index (χ0n) is 84.6. The first kappa shape index (κ1) is 116. The number of ether oxygens (including phenoxy) is 3. The van der Waals surface area contributed by atoms with E-state index in [0.717, 1.165) is 196 Å². The maximum Gasteiger partial charge on any atom is 0.407 e. The van der Waals surface area contributed by atoms with E-state index in [4.69, 9.17) is 54.9 Å². The molecule has 13 heterocycles. The van der Waals surface area contributed by atoms with Crippen LogP contribution in [0.3, 0.4) is 0 Å². The summed E-state index contributed by atoms with van der Waals surface area (Å²) in [4.78, 5) is 116. The molecule has 0 unspecified atom stereocenters. The van der Waals surface area contributed by atoms with Crippen LogP contribution in [-0.2, 0) is 61.1 Å². The highest BCUT2D eigenvalue weighted by Crippen LogP contribution is 2.61. The molecule has 0 atom stereocenters. The summed E-state index contributed by atoms with van der Waals surface area (Å²) in [5, 5.41) is 61.4. The molecule has 54 heteroatoms. The number of thioether (sulfide) groups is 4. The number of nitrogen functional groups attached to an aromatic ring is 1. The van der Waals surface area contributed by atoms with Crippen LogP contribution in [0.15, 0.2) is 49.2 Å². The quantitative estimate of drug-likeness (QED) is 0.00385. The van der Waals surface area contributed by atoms with Gasteiger partial charge in [0.25, 0.3) is 5.56 Å². The number of hydrogen-bond acceptors (Lipinski definition) is 36. The van der Waals surface area contributed by atoms with Gasteiger partial charge in [0.1, 0.15) is 60.9 Å². The smallest absolute Gasteiger partial charge is 0.407 e. The Balaban J connectivity index is 0.000000177. The van der Waals surface area contributed by atoms with Crippen molar-refractivity contribution >= 4 is 221 Å². The number of nitrogens with zero attached hydrogens (tertiary/aromatic N) is 17. The van der Waals surface area contributed by atoms with E-state index in [1.165, 1.54) is 115 Å². The van der Waals surface area contributed by atoms with E-state index in [2.05, 4.69) is 156 Å². The summed E-state index contributed by atoms with van der Waals surface area (Å²) in [6, 6.07) is -0.444. The van der Waals surface area contributed by atoms with Crippen molar-refractivity contribution < 1.29 is 64.5 Å². The number of carbonyl (C=O) groups is 5. The van der Waals surface area contributed by atoms with Gasteiger partial charge in [-0.3, -0.25) is 45.3 Å². The number of esters is 1. The number of aromatic amines is 5. The van der Waals surface area contributed by atoms with Crippen LogP contribution in [0.4, 0.5) is 24.9 Å². The van der Waals surface area contributed by atoms with E-state index in [0.29, 0.717) is 104 Å². The van der Waals surface area contributed by atoms with Gasteiger partial charge in [-0.05, 0) is 189 Å². The summed E-state index contributed by atoms with van der Waals surface area (Å²) in [5.41, 5.74) is 28.6. The van der Waals surface area contributed by atoms with Gasteiger partial charge in [0, 0.05) is 80.8 Å². The van der Waals surface area contributed by atoms with Crippen LogP contribution in [0.1, 0.15) is 289 Å². The van der Waals surface area contributed by atoms with Gasteiger partial charge in [0.05, 0.1) is 65.0 Å². The SMILES string of the molecule is CCOC(=O)c1n[nH]c(C2(CNC(=O)OC(C)(C)C)CCCCC2)c1N.CS(=O)(=O)c1ncc2nn3c(c2n1)C1(CCCCC1)CNC3=O.CSc1nc(Cl)c2n[nH]c(C3(CN)CCCCC3)c2n1.CSc1nc2c(C3(CNC(=O)OC(C)(C)C)CCCCC3)[nH]nc2c(=O)[nH]1.CSc1ncc2n[nH]c(C3(CN)CCCCC3)c2n1.CSc1ncc2nn3c(c2n1)C1(CCCCC1)CNC3=O.O=P(Cl)(Cl)Cl.OO.[2H]CI.[HH]. The zero-order chi connectivity index (χ0) is 106. The normalized spacial score (nSPS) is 18.0. The number of alkyl carbamates (subject to hydrolysis) is 2. The molecule has 11 aromatic rings. The van der Waals surface area contributed by atoms with Crippen LogP contribution in [-0.4, -0.2) is 253 Å². The minimum absolute atomic E-state index is 0. The molecule has 4 amide bonds. The number of sulfone groups is 1. The fraction of sp³-hybridized carbons (Fsp3) is 0.637. The van der Waals surface area contributed by atoms with E-state index in [1.54, 1.807) is 31.1 Å². The Hall–Kier alpha value is -8.18. The maximum atomic E-state index is 12.3. The topological polar surface area (TPSA) is 630 Å². The fourth-order valence-corrected chi connectivity index (χ4v) is 22.7. The summed E-state index contributed by atoms with van der Waals surface area (Å²) in [6.07, 6.45) is 45.6. The van der Waals surface area contributed by atoms with Crippen molar-refractivity contribution in [2.24, 2.45) is 11.5 Å². The lowest BCUT2D eigenvalue weighted by molar-refractivity contribution is -0.176. The summed E-state index contributed by atoms with van der Waals surface area (Å²) in [7, 11) is -3.51. The fourth-order valence-electron chi connectivity index (χ4n) is 20.5. The molecule has 2 spiro atoms. The van der Waals surface area contributed by atoms with Crippen LogP contribution >= 0.6 is 120 Å². The summed E-state index contributed by atoms with van der Waals surface area (Å²) in [6.45, 7) is 16.3. The van der Waals surface area contributed by atoms with Crippen molar-refractivity contribution in [1.29, 1.82) is 0 Å². The number of nitrogens with one attached hydrogen (secondary N) is 9. The van der Waals surface area contributed by atoms with Crippen molar-refractivity contribution in [3.05, 3.63) is 74.0 Å². The number of carbonyl (C=O) groups excluding carboxylic acids is 5. The van der Waals surface area contributed by atoms with E-state index in [9.17, 15) is 41.8 Å². The highest BCUT2D eigenvalue weighted by molar-refractivity contribution is 14.1. The Kier molecular flexibility index (Phi) is 41.1. The molecule has 0 bridgehead atoms. The number of H-pyrrole nitrogens is 5. The Bertz CT molecular complexity index is 6540. The predicted molar refractivity (Wildman–Crippen MR) is 578 cm³/mol. The Labute approximate surface area is 893 Å². The second-order valence-electron chi connectivity index (χ2n) is 39.1. The van der Waals surface area contributed by atoms with Crippen LogP contribution in [0.25, 0.3) is 55.2 Å².